The maximum Gasteiger partial charge on any atom is 0.200 e. The number of fused-ring (bicyclic) bond motifs is 1. The number of benzene rings is 1. The van der Waals surface area contributed by atoms with Gasteiger partial charge in [-0.1, -0.05) is 60.6 Å². The predicted molar refractivity (Wildman–Crippen MR) is 148 cm³/mol. The minimum absolute atomic E-state index is 0.00153. The number of allylic oxidation sites excluding steroid dienone is 6. The van der Waals surface area contributed by atoms with Crippen LogP contribution < -0.4 is 0 Å². The smallest absolute Gasteiger partial charge is 0.200 e. The second kappa shape index (κ2) is 10.1. The molecule has 2 bridgehead atoms. The maximum atomic E-state index is 14.4. The van der Waals surface area contributed by atoms with E-state index in [0.29, 0.717) is 18.4 Å². The van der Waals surface area contributed by atoms with E-state index >= 15 is 0 Å². The highest BCUT2D eigenvalue weighted by molar-refractivity contribution is 6.33. The molecule has 2 aliphatic carbocycles. The van der Waals surface area contributed by atoms with E-state index in [1.54, 1.807) is 38.1 Å². The van der Waals surface area contributed by atoms with Gasteiger partial charge in [0.25, 0.3) is 0 Å². The quantitative estimate of drug-likeness (QED) is 0.182. The van der Waals surface area contributed by atoms with E-state index in [1.807, 2.05) is 19.9 Å². The summed E-state index contributed by atoms with van der Waals surface area (Å²) in [5.41, 5.74) is -0.150. The summed E-state index contributed by atoms with van der Waals surface area (Å²) in [5, 5.41) is 10.9. The van der Waals surface area contributed by atoms with Gasteiger partial charge in [-0.3, -0.25) is 14.4 Å². The van der Waals surface area contributed by atoms with Crippen LogP contribution in [0.3, 0.4) is 0 Å². The van der Waals surface area contributed by atoms with Crippen LogP contribution in [0.25, 0.3) is 0 Å². The number of carbonyl (C=O) groups excluding carboxylic acids is 3. The predicted octanol–water partition coefficient (Wildman–Crippen LogP) is 6.57. The fraction of sp³-hybridized carbons (Fsp3) is 0.545. The monoisotopic (exact) mass is 518 g/mol. The molecule has 4 rings (SSSR count). The third-order valence-electron chi connectivity index (χ3n) is 8.98. The lowest BCUT2D eigenvalue weighted by molar-refractivity contribution is -0.155. The Balaban J connectivity index is 1.93. The third-order valence-corrected chi connectivity index (χ3v) is 8.98. The molecule has 1 heterocycles. The van der Waals surface area contributed by atoms with Gasteiger partial charge in [-0.05, 0) is 78.6 Å². The first-order valence-electron chi connectivity index (χ1n) is 13.8. The molecule has 3 aliphatic rings. The zero-order chi connectivity index (χ0) is 28.0. The average molecular weight is 519 g/mol. The zero-order valence-corrected chi connectivity index (χ0v) is 23.9. The van der Waals surface area contributed by atoms with Crippen molar-refractivity contribution < 1.29 is 24.2 Å². The molecule has 0 radical (unpaired) electrons. The second-order valence-corrected chi connectivity index (χ2v) is 12.9. The molecular weight excluding hydrogens is 476 g/mol. The van der Waals surface area contributed by atoms with E-state index in [0.717, 1.165) is 12.8 Å². The molecule has 1 saturated heterocycles. The fourth-order valence-corrected chi connectivity index (χ4v) is 6.73. The van der Waals surface area contributed by atoms with Crippen molar-refractivity contribution in [3.8, 4) is 0 Å². The number of rotatable bonds is 8. The SMILES string of the molecule is CC(C)=CCC[C@@]1(C)[C@H](CC=C(C)C)C[C@@]23CC(C(C)(C)O)OC2=C(C(=O)c2ccccc2)C(=O)[C@@H]1C3=O. The second-order valence-electron chi connectivity index (χ2n) is 12.9. The van der Waals surface area contributed by atoms with Gasteiger partial charge < -0.3 is 9.84 Å². The molecule has 38 heavy (non-hydrogen) atoms. The van der Waals surface area contributed by atoms with Crippen LogP contribution in [0.5, 0.6) is 0 Å². The number of Topliss-reactive ketones (excluding diaryl/α,β-unsaturated/α-hetero) is 3. The first-order chi connectivity index (χ1) is 17.7. The number of ether oxygens (including phenoxy) is 1. The molecule has 1 aromatic carbocycles. The van der Waals surface area contributed by atoms with Gasteiger partial charge in [-0.2, -0.15) is 0 Å². The Morgan fingerprint density at radius 1 is 1.05 bits per heavy atom. The Morgan fingerprint density at radius 3 is 2.26 bits per heavy atom. The molecule has 1 saturated carbocycles. The van der Waals surface area contributed by atoms with Gasteiger partial charge in [-0.15, -0.1) is 0 Å². The largest absolute Gasteiger partial charge is 0.490 e. The number of aliphatic hydroxyl groups is 1. The van der Waals surface area contributed by atoms with E-state index in [4.69, 9.17) is 4.74 Å². The normalized spacial score (nSPS) is 30.5. The van der Waals surface area contributed by atoms with E-state index in [-0.39, 0.29) is 29.5 Å². The number of ketones is 3. The lowest BCUT2D eigenvalue weighted by atomic mass is 9.46. The highest BCUT2D eigenvalue weighted by Crippen LogP contribution is 2.64. The van der Waals surface area contributed by atoms with Gasteiger partial charge in [0.1, 0.15) is 17.4 Å². The molecule has 0 aromatic heterocycles. The van der Waals surface area contributed by atoms with E-state index < -0.39 is 40.0 Å². The molecule has 1 aromatic rings. The topological polar surface area (TPSA) is 80.7 Å². The average Bonchev–Trinajstić information content (AvgIpc) is 3.22. The highest BCUT2D eigenvalue weighted by atomic mass is 16.5. The number of hydrogen-bond donors (Lipinski definition) is 1. The number of hydrogen-bond acceptors (Lipinski definition) is 5. The van der Waals surface area contributed by atoms with Gasteiger partial charge in [-0.25, -0.2) is 0 Å². The van der Waals surface area contributed by atoms with Crippen LogP contribution in [-0.2, 0) is 14.3 Å². The van der Waals surface area contributed by atoms with Crippen molar-refractivity contribution in [3.05, 3.63) is 70.5 Å². The molecule has 0 amide bonds. The molecule has 5 heteroatoms. The van der Waals surface area contributed by atoms with Crippen molar-refractivity contribution in [2.24, 2.45) is 22.7 Å². The van der Waals surface area contributed by atoms with Crippen molar-refractivity contribution in [3.63, 3.8) is 0 Å². The minimum Gasteiger partial charge on any atom is -0.490 e. The lowest BCUT2D eigenvalue weighted by Gasteiger charge is -2.54. The third kappa shape index (κ3) is 4.75. The van der Waals surface area contributed by atoms with E-state index in [9.17, 15) is 19.5 Å². The fourth-order valence-electron chi connectivity index (χ4n) is 6.73. The Bertz CT molecular complexity index is 1220. The Morgan fingerprint density at radius 2 is 1.68 bits per heavy atom. The lowest BCUT2D eigenvalue weighted by Crippen LogP contribution is -2.59. The van der Waals surface area contributed by atoms with Crippen LogP contribution in [0.2, 0.25) is 0 Å². The summed E-state index contributed by atoms with van der Waals surface area (Å²) in [6.45, 7) is 13.6. The molecule has 1 aliphatic heterocycles. The van der Waals surface area contributed by atoms with E-state index in [2.05, 4.69) is 32.9 Å². The van der Waals surface area contributed by atoms with E-state index in [1.165, 1.54) is 11.1 Å². The molecule has 5 atom stereocenters. The van der Waals surface area contributed by atoms with Gasteiger partial charge in [0.15, 0.2) is 17.3 Å². The summed E-state index contributed by atoms with van der Waals surface area (Å²) in [5.74, 6) is -1.65. The van der Waals surface area contributed by atoms with Crippen LogP contribution >= 0.6 is 0 Å². The van der Waals surface area contributed by atoms with Crippen LogP contribution in [0.1, 0.15) is 90.9 Å². The van der Waals surface area contributed by atoms with Crippen molar-refractivity contribution in [1.29, 1.82) is 0 Å². The maximum absolute atomic E-state index is 14.4. The molecule has 5 nitrogen and oxygen atoms in total. The van der Waals surface area contributed by atoms with Gasteiger partial charge >= 0.3 is 0 Å². The van der Waals surface area contributed by atoms with Crippen molar-refractivity contribution in [2.75, 3.05) is 0 Å². The molecule has 1 spiro atoms. The summed E-state index contributed by atoms with van der Waals surface area (Å²) >= 11 is 0. The molecule has 204 valence electrons. The molecule has 1 unspecified atom stereocenters. The summed E-state index contributed by atoms with van der Waals surface area (Å²) in [6, 6.07) is 8.73. The summed E-state index contributed by atoms with van der Waals surface area (Å²) < 4.78 is 6.30. The zero-order valence-electron chi connectivity index (χ0n) is 23.9. The van der Waals surface area contributed by atoms with Gasteiger partial charge in [0, 0.05) is 12.0 Å². The minimum atomic E-state index is -1.24. The summed E-state index contributed by atoms with van der Waals surface area (Å²) in [7, 11) is 0. The van der Waals surface area contributed by atoms with Crippen molar-refractivity contribution in [2.45, 2.75) is 92.3 Å². The molecular formula is C33H42O5. The van der Waals surface area contributed by atoms with Crippen LogP contribution in [-0.4, -0.2) is 34.2 Å². The van der Waals surface area contributed by atoms with Crippen molar-refractivity contribution >= 4 is 17.3 Å². The van der Waals surface area contributed by atoms with Crippen LogP contribution in [0.4, 0.5) is 0 Å². The van der Waals surface area contributed by atoms with Crippen LogP contribution in [0.15, 0.2) is 65.0 Å². The summed E-state index contributed by atoms with van der Waals surface area (Å²) in [6.07, 6.45) is 6.61. The van der Waals surface area contributed by atoms with Crippen LogP contribution in [0, 0.1) is 22.7 Å². The standard InChI is InChI=1S/C33H42O5/c1-20(2)12-11-17-32(7)23(16-15-21(3)4)18-33-19-24(31(5,6)37)38-30(33)25(28(35)26(32)29(33)36)27(34)22-13-9-8-10-14-22/h8-10,12-15,23-24,26,37H,11,16-19H2,1-7H3/t23-,24?,26-,32+,33+/m1/s1. The molecule has 1 N–H and O–H groups in total. The van der Waals surface area contributed by atoms with Crippen molar-refractivity contribution in [1.82, 2.24) is 0 Å². The Kier molecular flexibility index (Phi) is 7.48. The Hall–Kier alpha value is -2.79. The first kappa shape index (κ1) is 28.2. The molecule has 2 fully saturated rings. The van der Waals surface area contributed by atoms with Gasteiger partial charge in [0.05, 0.1) is 16.9 Å². The van der Waals surface area contributed by atoms with Gasteiger partial charge in [0.2, 0.25) is 0 Å². The first-order valence-corrected chi connectivity index (χ1v) is 13.8. The Labute approximate surface area is 227 Å². The number of carbonyl (C=O) groups is 3. The highest BCUT2D eigenvalue weighted by Gasteiger charge is 2.69. The summed E-state index contributed by atoms with van der Waals surface area (Å²) in [4.78, 5) is 42.7.